The SMILES string of the molecule is CCOc1cc(-c2ccccc2N=Nc2ccccc2S(=O)(=O)O)c2cc(S(=O)(=O)O)ccc2c1N. The first-order valence-electron chi connectivity index (χ1n) is 10.5. The lowest BCUT2D eigenvalue weighted by molar-refractivity contribution is 0.342. The number of nitrogens with two attached hydrogens (primary N) is 1. The van der Waals surface area contributed by atoms with E-state index in [1.165, 1.54) is 36.4 Å². The number of azo groups is 1. The maximum atomic E-state index is 11.8. The lowest BCUT2D eigenvalue weighted by atomic mass is 9.95. The van der Waals surface area contributed by atoms with Gasteiger partial charge in [0.2, 0.25) is 0 Å². The third-order valence-electron chi connectivity index (χ3n) is 5.31. The Hall–Kier alpha value is -3.84. The number of ether oxygens (including phenoxy) is 1. The lowest BCUT2D eigenvalue weighted by Gasteiger charge is -2.16. The van der Waals surface area contributed by atoms with Gasteiger partial charge in [-0.3, -0.25) is 9.11 Å². The van der Waals surface area contributed by atoms with E-state index in [1.54, 1.807) is 43.3 Å². The Morgan fingerprint density at radius 2 is 1.42 bits per heavy atom. The predicted octanol–water partition coefficient (Wildman–Crippen LogP) is 5.40. The second kappa shape index (κ2) is 9.66. The molecule has 0 heterocycles. The van der Waals surface area contributed by atoms with Crippen LogP contribution in [0.2, 0.25) is 0 Å². The minimum Gasteiger partial charge on any atom is -0.492 e. The number of nitrogen functional groups attached to an aromatic ring is 1. The maximum absolute atomic E-state index is 11.8. The molecule has 0 amide bonds. The van der Waals surface area contributed by atoms with Crippen LogP contribution in [0.3, 0.4) is 0 Å². The van der Waals surface area contributed by atoms with Crippen molar-refractivity contribution >= 4 is 48.1 Å². The Morgan fingerprint density at radius 1 is 0.778 bits per heavy atom. The molecule has 0 saturated carbocycles. The predicted molar refractivity (Wildman–Crippen MR) is 135 cm³/mol. The van der Waals surface area contributed by atoms with Crippen molar-refractivity contribution in [2.45, 2.75) is 16.7 Å². The molecule has 36 heavy (non-hydrogen) atoms. The van der Waals surface area contributed by atoms with Crippen molar-refractivity contribution in [1.82, 2.24) is 0 Å². The molecule has 0 saturated heterocycles. The van der Waals surface area contributed by atoms with Crippen LogP contribution < -0.4 is 10.5 Å². The third kappa shape index (κ3) is 5.06. The van der Waals surface area contributed by atoms with Gasteiger partial charge in [0.25, 0.3) is 20.2 Å². The molecule has 0 aliphatic rings. The van der Waals surface area contributed by atoms with E-state index in [4.69, 9.17) is 10.5 Å². The summed E-state index contributed by atoms with van der Waals surface area (Å²) in [6.07, 6.45) is 0. The highest BCUT2D eigenvalue weighted by Crippen LogP contribution is 2.43. The van der Waals surface area contributed by atoms with Crippen molar-refractivity contribution in [3.63, 3.8) is 0 Å². The zero-order valence-electron chi connectivity index (χ0n) is 18.9. The van der Waals surface area contributed by atoms with E-state index in [1.807, 2.05) is 0 Å². The van der Waals surface area contributed by atoms with Gasteiger partial charge < -0.3 is 10.5 Å². The number of fused-ring (bicyclic) bond motifs is 1. The van der Waals surface area contributed by atoms with Gasteiger partial charge in [0.05, 0.1) is 22.9 Å². The van der Waals surface area contributed by atoms with E-state index in [0.717, 1.165) is 0 Å². The summed E-state index contributed by atoms with van der Waals surface area (Å²) < 4.78 is 71.8. The maximum Gasteiger partial charge on any atom is 0.296 e. The van der Waals surface area contributed by atoms with Gasteiger partial charge in [0.15, 0.2) is 0 Å². The van der Waals surface area contributed by atoms with Crippen LogP contribution in [0.1, 0.15) is 6.92 Å². The Morgan fingerprint density at radius 3 is 2.08 bits per heavy atom. The fraction of sp³-hybridized carbons (Fsp3) is 0.0833. The minimum absolute atomic E-state index is 0.0689. The fourth-order valence-electron chi connectivity index (χ4n) is 3.71. The van der Waals surface area contributed by atoms with Gasteiger partial charge in [-0.2, -0.15) is 16.8 Å². The highest BCUT2D eigenvalue weighted by atomic mass is 32.2. The van der Waals surface area contributed by atoms with Crippen molar-refractivity contribution in [2.75, 3.05) is 12.3 Å². The van der Waals surface area contributed by atoms with E-state index in [0.29, 0.717) is 45.6 Å². The fourth-order valence-corrected chi connectivity index (χ4v) is 4.84. The highest BCUT2D eigenvalue weighted by Gasteiger charge is 2.19. The number of hydrogen-bond acceptors (Lipinski definition) is 8. The van der Waals surface area contributed by atoms with E-state index in [2.05, 4.69) is 10.2 Å². The summed E-state index contributed by atoms with van der Waals surface area (Å²) in [7, 11) is -9.03. The Labute approximate surface area is 207 Å². The first-order valence-corrected chi connectivity index (χ1v) is 13.4. The van der Waals surface area contributed by atoms with Crippen LogP contribution in [0.4, 0.5) is 17.1 Å². The molecule has 4 aromatic carbocycles. The number of anilines is 1. The molecule has 0 bridgehead atoms. The molecule has 0 aliphatic carbocycles. The molecule has 0 radical (unpaired) electrons. The summed E-state index contributed by atoms with van der Waals surface area (Å²) in [5.74, 6) is 0.364. The van der Waals surface area contributed by atoms with Gasteiger partial charge in [-0.15, -0.1) is 10.2 Å². The topological polar surface area (TPSA) is 169 Å². The second-order valence-electron chi connectivity index (χ2n) is 7.61. The van der Waals surface area contributed by atoms with Crippen molar-refractivity contribution in [3.8, 4) is 16.9 Å². The van der Waals surface area contributed by atoms with E-state index in [9.17, 15) is 25.9 Å². The van der Waals surface area contributed by atoms with Gasteiger partial charge in [0, 0.05) is 10.9 Å². The standard InChI is InChI=1S/C24H21N3O7S2/c1-2-34-22-14-19(18-13-15(35(28,29)30)11-12-17(18)24(22)25)16-7-3-4-8-20(16)26-27-21-9-5-6-10-23(21)36(31,32)33/h3-14H,2,25H2,1H3,(H,28,29,30)(H,31,32,33). The van der Waals surface area contributed by atoms with Gasteiger partial charge >= 0.3 is 0 Å². The van der Waals surface area contributed by atoms with E-state index >= 15 is 0 Å². The first-order chi connectivity index (χ1) is 17.0. The van der Waals surface area contributed by atoms with Crippen molar-refractivity contribution in [2.24, 2.45) is 10.2 Å². The molecular weight excluding hydrogens is 506 g/mol. The van der Waals surface area contributed by atoms with Crippen molar-refractivity contribution in [3.05, 3.63) is 72.8 Å². The van der Waals surface area contributed by atoms with Gasteiger partial charge in [-0.25, -0.2) is 0 Å². The monoisotopic (exact) mass is 527 g/mol. The molecule has 4 N–H and O–H groups in total. The van der Waals surface area contributed by atoms with Gasteiger partial charge in [0.1, 0.15) is 16.3 Å². The first kappa shape index (κ1) is 25.3. The zero-order chi connectivity index (χ0) is 26.1. The molecule has 4 rings (SSSR count). The quantitative estimate of drug-likeness (QED) is 0.163. The molecule has 186 valence electrons. The molecule has 12 heteroatoms. The summed E-state index contributed by atoms with van der Waals surface area (Å²) in [5, 5.41) is 9.15. The molecular formula is C24H21N3O7S2. The van der Waals surface area contributed by atoms with Gasteiger partial charge in [-0.1, -0.05) is 36.4 Å². The van der Waals surface area contributed by atoms with E-state index < -0.39 is 25.1 Å². The largest absolute Gasteiger partial charge is 0.492 e. The lowest BCUT2D eigenvalue weighted by Crippen LogP contribution is -2.01. The van der Waals surface area contributed by atoms with Crippen LogP contribution in [0.5, 0.6) is 5.75 Å². The highest BCUT2D eigenvalue weighted by molar-refractivity contribution is 7.86. The van der Waals surface area contributed by atoms with Gasteiger partial charge in [-0.05, 0) is 54.3 Å². The molecule has 0 aromatic heterocycles. The Kier molecular flexibility index (Phi) is 6.78. The molecule has 0 fully saturated rings. The number of rotatable bonds is 7. The summed E-state index contributed by atoms with van der Waals surface area (Å²) in [5.41, 5.74) is 7.81. The molecule has 0 atom stereocenters. The number of benzene rings is 4. The van der Waals surface area contributed by atoms with Crippen molar-refractivity contribution in [1.29, 1.82) is 0 Å². The summed E-state index contributed by atoms with van der Waals surface area (Å²) in [4.78, 5) is -0.721. The minimum atomic E-state index is -4.53. The number of nitrogens with zero attached hydrogens (tertiary/aromatic N) is 2. The second-order valence-corrected chi connectivity index (χ2v) is 10.4. The average molecular weight is 528 g/mol. The van der Waals surface area contributed by atoms with Crippen LogP contribution in [0.25, 0.3) is 21.9 Å². The van der Waals surface area contributed by atoms with Crippen LogP contribution >= 0.6 is 0 Å². The Balaban J connectivity index is 1.97. The Bertz CT molecular complexity index is 1720. The van der Waals surface area contributed by atoms with Crippen LogP contribution in [0, 0.1) is 0 Å². The van der Waals surface area contributed by atoms with Crippen LogP contribution in [-0.2, 0) is 20.2 Å². The molecule has 4 aromatic rings. The average Bonchev–Trinajstić information content (AvgIpc) is 2.83. The molecule has 0 unspecified atom stereocenters. The normalized spacial score (nSPS) is 12.3. The van der Waals surface area contributed by atoms with Crippen molar-refractivity contribution < 1.29 is 30.7 Å². The number of hydrogen-bond donors (Lipinski definition) is 3. The molecule has 10 nitrogen and oxygen atoms in total. The molecule has 0 aliphatic heterocycles. The smallest absolute Gasteiger partial charge is 0.296 e. The van der Waals surface area contributed by atoms with Crippen LogP contribution in [0.15, 0.2) is 92.8 Å². The third-order valence-corrected chi connectivity index (χ3v) is 7.06. The summed E-state index contributed by atoms with van der Waals surface area (Å²) in [6, 6.07) is 18.0. The molecule has 0 spiro atoms. The zero-order valence-corrected chi connectivity index (χ0v) is 20.5. The summed E-state index contributed by atoms with van der Waals surface area (Å²) in [6.45, 7) is 2.12. The van der Waals surface area contributed by atoms with E-state index in [-0.39, 0.29) is 10.6 Å². The summed E-state index contributed by atoms with van der Waals surface area (Å²) >= 11 is 0. The van der Waals surface area contributed by atoms with Crippen LogP contribution in [-0.4, -0.2) is 32.5 Å².